The van der Waals surface area contributed by atoms with E-state index >= 15 is 0 Å². The van der Waals surface area contributed by atoms with Crippen molar-refractivity contribution in [1.29, 1.82) is 0 Å². The summed E-state index contributed by atoms with van der Waals surface area (Å²) in [6.45, 7) is 3.91. The standard InChI is InChI=1S/C21H23N3O2S/c1-13-5-3-4-6-16(13)11-19(25)24-21(27)22-17-10-7-14(2)18(12-17)23-20(26)15-8-9-15/h3-7,10,12,15H,8-9,11H2,1-2H3,(H,23,26)(H2,22,24,25,27). The monoisotopic (exact) mass is 381 g/mol. The first kappa shape index (κ1) is 19.0. The summed E-state index contributed by atoms with van der Waals surface area (Å²) in [5.74, 6) is 0.0309. The lowest BCUT2D eigenvalue weighted by Crippen LogP contribution is -2.35. The molecule has 1 aliphatic carbocycles. The fraction of sp³-hybridized carbons (Fsp3) is 0.286. The van der Waals surface area contributed by atoms with Crippen LogP contribution in [0, 0.1) is 19.8 Å². The Morgan fingerprint density at radius 3 is 2.48 bits per heavy atom. The highest BCUT2D eigenvalue weighted by molar-refractivity contribution is 7.80. The minimum absolute atomic E-state index is 0.0596. The quantitative estimate of drug-likeness (QED) is 0.691. The maximum atomic E-state index is 12.2. The molecule has 6 heteroatoms. The van der Waals surface area contributed by atoms with Crippen LogP contribution in [0.4, 0.5) is 11.4 Å². The van der Waals surface area contributed by atoms with Gasteiger partial charge in [0, 0.05) is 17.3 Å². The minimum atomic E-state index is -0.170. The molecule has 2 amide bonds. The maximum Gasteiger partial charge on any atom is 0.230 e. The largest absolute Gasteiger partial charge is 0.332 e. The third kappa shape index (κ3) is 5.37. The zero-order valence-corrected chi connectivity index (χ0v) is 16.3. The first-order valence-corrected chi connectivity index (χ1v) is 9.40. The molecule has 3 N–H and O–H groups in total. The van der Waals surface area contributed by atoms with E-state index in [0.717, 1.165) is 35.2 Å². The Bertz CT molecular complexity index is 891. The third-order valence-corrected chi connectivity index (χ3v) is 4.77. The van der Waals surface area contributed by atoms with Gasteiger partial charge >= 0.3 is 0 Å². The molecule has 5 nitrogen and oxygen atoms in total. The van der Waals surface area contributed by atoms with Crippen molar-refractivity contribution in [1.82, 2.24) is 5.32 Å². The van der Waals surface area contributed by atoms with Crippen molar-refractivity contribution in [3.8, 4) is 0 Å². The van der Waals surface area contributed by atoms with E-state index in [1.165, 1.54) is 0 Å². The Morgan fingerprint density at radius 2 is 1.78 bits per heavy atom. The van der Waals surface area contributed by atoms with Crippen LogP contribution in [0.5, 0.6) is 0 Å². The summed E-state index contributed by atoms with van der Waals surface area (Å²) in [5.41, 5.74) is 4.49. The lowest BCUT2D eigenvalue weighted by atomic mass is 10.1. The topological polar surface area (TPSA) is 70.2 Å². The molecule has 0 atom stereocenters. The molecule has 1 fully saturated rings. The fourth-order valence-electron chi connectivity index (χ4n) is 2.73. The number of anilines is 2. The van der Waals surface area contributed by atoms with Crippen LogP contribution in [0.1, 0.15) is 29.5 Å². The van der Waals surface area contributed by atoms with Crippen molar-refractivity contribution >= 4 is 40.5 Å². The predicted molar refractivity (Wildman–Crippen MR) is 112 cm³/mol. The fourth-order valence-corrected chi connectivity index (χ4v) is 2.96. The Morgan fingerprint density at radius 1 is 1.04 bits per heavy atom. The molecule has 0 bridgehead atoms. The molecule has 3 rings (SSSR count). The van der Waals surface area contributed by atoms with E-state index in [1.807, 2.05) is 56.3 Å². The van der Waals surface area contributed by atoms with Crippen LogP contribution in [-0.4, -0.2) is 16.9 Å². The molecule has 0 saturated heterocycles. The average molecular weight is 382 g/mol. The summed E-state index contributed by atoms with van der Waals surface area (Å²) in [6, 6.07) is 13.4. The SMILES string of the molecule is Cc1ccccc1CC(=O)NC(=S)Nc1ccc(C)c(NC(=O)C2CC2)c1. The molecule has 1 saturated carbocycles. The number of carbonyl (C=O) groups is 2. The van der Waals surface area contributed by atoms with E-state index in [0.29, 0.717) is 5.69 Å². The molecule has 0 aromatic heterocycles. The molecular weight excluding hydrogens is 358 g/mol. The summed E-state index contributed by atoms with van der Waals surface area (Å²) in [6.07, 6.45) is 2.19. The van der Waals surface area contributed by atoms with Crippen LogP contribution < -0.4 is 16.0 Å². The lowest BCUT2D eigenvalue weighted by Gasteiger charge is -2.13. The van der Waals surface area contributed by atoms with E-state index in [1.54, 1.807) is 0 Å². The van der Waals surface area contributed by atoms with Gasteiger partial charge in [-0.2, -0.15) is 0 Å². The molecule has 0 radical (unpaired) electrons. The van der Waals surface area contributed by atoms with E-state index in [-0.39, 0.29) is 29.3 Å². The summed E-state index contributed by atoms with van der Waals surface area (Å²) in [7, 11) is 0. The van der Waals surface area contributed by atoms with E-state index in [9.17, 15) is 9.59 Å². The first-order valence-electron chi connectivity index (χ1n) is 8.99. The van der Waals surface area contributed by atoms with E-state index in [4.69, 9.17) is 12.2 Å². The van der Waals surface area contributed by atoms with Crippen molar-refractivity contribution in [2.24, 2.45) is 5.92 Å². The summed E-state index contributed by atoms with van der Waals surface area (Å²) in [5, 5.41) is 8.90. The van der Waals surface area contributed by atoms with E-state index in [2.05, 4.69) is 16.0 Å². The highest BCUT2D eigenvalue weighted by Gasteiger charge is 2.29. The predicted octanol–water partition coefficient (Wildman–Crippen LogP) is 3.71. The molecule has 0 aliphatic heterocycles. The Labute approximate surface area is 164 Å². The van der Waals surface area contributed by atoms with Crippen LogP contribution in [0.15, 0.2) is 42.5 Å². The van der Waals surface area contributed by atoms with Gasteiger partial charge in [0.15, 0.2) is 5.11 Å². The second kappa shape index (κ2) is 8.31. The van der Waals surface area contributed by atoms with Crippen molar-refractivity contribution in [3.05, 3.63) is 59.2 Å². The highest BCUT2D eigenvalue weighted by atomic mass is 32.1. The van der Waals surface area contributed by atoms with Gasteiger partial charge in [-0.15, -0.1) is 0 Å². The van der Waals surface area contributed by atoms with Crippen molar-refractivity contribution < 1.29 is 9.59 Å². The molecule has 2 aromatic rings. The second-order valence-electron chi connectivity index (χ2n) is 6.90. The smallest absolute Gasteiger partial charge is 0.230 e. The molecule has 27 heavy (non-hydrogen) atoms. The van der Waals surface area contributed by atoms with E-state index < -0.39 is 0 Å². The normalized spacial score (nSPS) is 13.0. The molecule has 0 heterocycles. The first-order chi connectivity index (χ1) is 12.9. The minimum Gasteiger partial charge on any atom is -0.332 e. The van der Waals surface area contributed by atoms with Crippen LogP contribution in [-0.2, 0) is 16.0 Å². The van der Waals surface area contributed by atoms with Gasteiger partial charge in [0.1, 0.15) is 0 Å². The van der Waals surface area contributed by atoms with Gasteiger partial charge in [-0.3, -0.25) is 9.59 Å². The lowest BCUT2D eigenvalue weighted by molar-refractivity contribution is -0.119. The van der Waals surface area contributed by atoms with Crippen molar-refractivity contribution in [2.75, 3.05) is 10.6 Å². The molecule has 140 valence electrons. The average Bonchev–Trinajstić information content (AvgIpc) is 3.45. The Balaban J connectivity index is 1.57. The number of hydrogen-bond donors (Lipinski definition) is 3. The number of carbonyl (C=O) groups excluding carboxylic acids is 2. The molecule has 1 aliphatic rings. The summed E-state index contributed by atoms with van der Waals surface area (Å²) >= 11 is 5.25. The molecular formula is C21H23N3O2S. The summed E-state index contributed by atoms with van der Waals surface area (Å²) < 4.78 is 0. The van der Waals surface area contributed by atoms with Crippen LogP contribution in [0.2, 0.25) is 0 Å². The number of thiocarbonyl (C=S) groups is 1. The molecule has 0 unspecified atom stereocenters. The van der Waals surface area contributed by atoms with Gasteiger partial charge in [-0.1, -0.05) is 30.3 Å². The summed E-state index contributed by atoms with van der Waals surface area (Å²) in [4.78, 5) is 24.2. The maximum absolute atomic E-state index is 12.2. The Kier molecular flexibility index (Phi) is 5.86. The third-order valence-electron chi connectivity index (χ3n) is 4.57. The number of nitrogens with one attached hydrogen (secondary N) is 3. The molecule has 0 spiro atoms. The number of rotatable bonds is 5. The zero-order valence-electron chi connectivity index (χ0n) is 15.5. The second-order valence-corrected chi connectivity index (χ2v) is 7.31. The van der Waals surface area contributed by atoms with Crippen molar-refractivity contribution in [3.63, 3.8) is 0 Å². The van der Waals surface area contributed by atoms with Gasteiger partial charge in [-0.05, 0) is 67.7 Å². The highest BCUT2D eigenvalue weighted by Crippen LogP contribution is 2.31. The van der Waals surface area contributed by atoms with Gasteiger partial charge in [0.25, 0.3) is 0 Å². The number of benzene rings is 2. The van der Waals surface area contributed by atoms with Gasteiger partial charge in [0.05, 0.1) is 6.42 Å². The van der Waals surface area contributed by atoms with Crippen LogP contribution in [0.3, 0.4) is 0 Å². The van der Waals surface area contributed by atoms with Gasteiger partial charge in [-0.25, -0.2) is 0 Å². The Hall–Kier alpha value is -2.73. The molecule has 2 aromatic carbocycles. The number of amides is 2. The zero-order chi connectivity index (χ0) is 19.4. The van der Waals surface area contributed by atoms with Gasteiger partial charge in [0.2, 0.25) is 11.8 Å². The van der Waals surface area contributed by atoms with Crippen LogP contribution >= 0.6 is 12.2 Å². The van der Waals surface area contributed by atoms with Gasteiger partial charge < -0.3 is 16.0 Å². The number of aryl methyl sites for hydroxylation is 2. The number of hydrogen-bond acceptors (Lipinski definition) is 3. The van der Waals surface area contributed by atoms with Crippen LogP contribution in [0.25, 0.3) is 0 Å². The van der Waals surface area contributed by atoms with Crippen molar-refractivity contribution in [2.45, 2.75) is 33.1 Å².